The van der Waals surface area contributed by atoms with E-state index in [1.54, 1.807) is 6.92 Å². The Bertz CT molecular complexity index is 1050. The van der Waals surface area contributed by atoms with Crippen LogP contribution in [0.25, 0.3) is 0 Å². The number of anilines is 1. The number of nitrogens with one attached hydrogen (secondary N) is 1. The van der Waals surface area contributed by atoms with E-state index in [9.17, 15) is 28.4 Å². The number of nitro groups is 1. The number of pyridine rings is 1. The topological polar surface area (TPSA) is 143 Å². The first kappa shape index (κ1) is 20.7. The minimum atomic E-state index is -3.92. The van der Waals surface area contributed by atoms with Gasteiger partial charge in [0.2, 0.25) is 15.9 Å². The lowest BCUT2D eigenvalue weighted by Gasteiger charge is -2.30. The Morgan fingerprint density at radius 2 is 2.00 bits per heavy atom. The third kappa shape index (κ3) is 4.35. The van der Waals surface area contributed by atoms with Gasteiger partial charge in [-0.15, -0.1) is 0 Å². The SMILES string of the molecule is Cc1ccc([N+](=O)[O-])cc1S(=O)(=O)N1CCC(C(=O)Nc2ncccc2O)CC1. The van der Waals surface area contributed by atoms with E-state index >= 15 is 0 Å². The third-order valence-corrected chi connectivity index (χ3v) is 6.89. The van der Waals surface area contributed by atoms with E-state index in [2.05, 4.69) is 10.3 Å². The minimum Gasteiger partial charge on any atom is -0.504 e. The Kier molecular flexibility index (Phi) is 5.80. The van der Waals surface area contributed by atoms with Gasteiger partial charge in [-0.1, -0.05) is 6.07 Å². The third-order valence-electron chi connectivity index (χ3n) is 4.85. The number of nitrogens with zero attached hydrogens (tertiary/aromatic N) is 3. The van der Waals surface area contributed by atoms with Crippen LogP contribution in [0, 0.1) is 23.0 Å². The number of sulfonamides is 1. The summed E-state index contributed by atoms with van der Waals surface area (Å²) in [5, 5.41) is 23.2. The van der Waals surface area contributed by atoms with Crippen molar-refractivity contribution in [1.29, 1.82) is 0 Å². The molecular weight excluding hydrogens is 400 g/mol. The molecule has 1 aliphatic heterocycles. The molecule has 1 aliphatic rings. The van der Waals surface area contributed by atoms with E-state index in [4.69, 9.17) is 0 Å². The van der Waals surface area contributed by atoms with Crippen LogP contribution in [0.1, 0.15) is 18.4 Å². The number of piperidine rings is 1. The number of non-ortho nitro benzene ring substituents is 1. The molecule has 0 saturated carbocycles. The van der Waals surface area contributed by atoms with Crippen LogP contribution in [-0.2, 0) is 14.8 Å². The Labute approximate surface area is 167 Å². The molecule has 1 aromatic heterocycles. The number of rotatable bonds is 5. The summed E-state index contributed by atoms with van der Waals surface area (Å²) < 4.78 is 27.1. The molecule has 1 aromatic carbocycles. The second kappa shape index (κ2) is 8.13. The van der Waals surface area contributed by atoms with E-state index in [1.165, 1.54) is 34.8 Å². The number of aromatic hydroxyl groups is 1. The van der Waals surface area contributed by atoms with E-state index in [-0.39, 0.29) is 54.0 Å². The Hall–Kier alpha value is -3.05. The molecule has 2 N–H and O–H groups in total. The maximum Gasteiger partial charge on any atom is 0.270 e. The van der Waals surface area contributed by atoms with Crippen LogP contribution in [0.2, 0.25) is 0 Å². The van der Waals surface area contributed by atoms with Crippen molar-refractivity contribution in [3.8, 4) is 5.75 Å². The first-order valence-electron chi connectivity index (χ1n) is 8.90. The van der Waals surface area contributed by atoms with Crippen molar-refractivity contribution in [2.45, 2.75) is 24.7 Å². The molecule has 0 unspecified atom stereocenters. The van der Waals surface area contributed by atoms with Crippen molar-refractivity contribution in [2.75, 3.05) is 18.4 Å². The summed E-state index contributed by atoms with van der Waals surface area (Å²) in [4.78, 5) is 26.6. The highest BCUT2D eigenvalue weighted by atomic mass is 32.2. The molecule has 1 amide bonds. The predicted molar refractivity (Wildman–Crippen MR) is 104 cm³/mol. The average molecular weight is 420 g/mol. The van der Waals surface area contributed by atoms with Crippen LogP contribution < -0.4 is 5.32 Å². The van der Waals surface area contributed by atoms with Crippen LogP contribution in [0.15, 0.2) is 41.4 Å². The maximum absolute atomic E-state index is 13.0. The maximum atomic E-state index is 13.0. The van der Waals surface area contributed by atoms with Crippen molar-refractivity contribution in [3.63, 3.8) is 0 Å². The monoisotopic (exact) mass is 420 g/mol. The van der Waals surface area contributed by atoms with Gasteiger partial charge in [-0.05, 0) is 37.5 Å². The van der Waals surface area contributed by atoms with Crippen molar-refractivity contribution in [3.05, 3.63) is 52.2 Å². The van der Waals surface area contributed by atoms with Gasteiger partial charge >= 0.3 is 0 Å². The second-order valence-electron chi connectivity index (χ2n) is 6.75. The molecule has 3 rings (SSSR count). The van der Waals surface area contributed by atoms with Gasteiger partial charge in [-0.25, -0.2) is 13.4 Å². The predicted octanol–water partition coefficient (Wildman–Crippen LogP) is 2.04. The molecule has 0 bridgehead atoms. The standard InChI is InChI=1S/C18H20N4O6S/c1-12-4-5-14(22(25)26)11-16(12)29(27,28)21-9-6-13(7-10-21)18(24)20-17-15(23)3-2-8-19-17/h2-5,8,11,13,23H,6-7,9-10H2,1H3,(H,19,20,24). The smallest absolute Gasteiger partial charge is 0.270 e. The molecule has 10 nitrogen and oxygen atoms in total. The molecule has 154 valence electrons. The van der Waals surface area contributed by atoms with Crippen LogP contribution in [0.5, 0.6) is 5.75 Å². The summed E-state index contributed by atoms with van der Waals surface area (Å²) in [7, 11) is -3.92. The molecular formula is C18H20N4O6S. The molecule has 2 heterocycles. The van der Waals surface area contributed by atoms with Crippen LogP contribution in [0.4, 0.5) is 11.5 Å². The quantitative estimate of drug-likeness (QED) is 0.556. The number of hydrogen-bond donors (Lipinski definition) is 2. The molecule has 1 fully saturated rings. The molecule has 0 aliphatic carbocycles. The van der Waals surface area contributed by atoms with Crippen LogP contribution >= 0.6 is 0 Å². The minimum absolute atomic E-state index is 0.0553. The van der Waals surface area contributed by atoms with Gasteiger partial charge in [0.05, 0.1) is 9.82 Å². The molecule has 0 spiro atoms. The van der Waals surface area contributed by atoms with Gasteiger partial charge in [-0.2, -0.15) is 4.31 Å². The number of carbonyl (C=O) groups is 1. The Balaban J connectivity index is 1.70. The van der Waals surface area contributed by atoms with Crippen LogP contribution in [0.3, 0.4) is 0 Å². The summed E-state index contributed by atoms with van der Waals surface area (Å²) in [6, 6.07) is 6.67. The number of aryl methyl sites for hydroxylation is 1. The van der Waals surface area contributed by atoms with E-state index in [1.807, 2.05) is 0 Å². The molecule has 0 atom stereocenters. The van der Waals surface area contributed by atoms with Gasteiger partial charge in [0, 0.05) is 37.3 Å². The van der Waals surface area contributed by atoms with E-state index in [0.717, 1.165) is 6.07 Å². The number of hydrogen-bond acceptors (Lipinski definition) is 7. The fourth-order valence-corrected chi connectivity index (χ4v) is 4.90. The van der Waals surface area contributed by atoms with Crippen molar-refractivity contribution in [1.82, 2.24) is 9.29 Å². The first-order valence-corrected chi connectivity index (χ1v) is 10.3. The van der Waals surface area contributed by atoms with Gasteiger partial charge in [0.1, 0.15) is 0 Å². The fraction of sp³-hybridized carbons (Fsp3) is 0.333. The highest BCUT2D eigenvalue weighted by molar-refractivity contribution is 7.89. The zero-order valence-electron chi connectivity index (χ0n) is 15.6. The summed E-state index contributed by atoms with van der Waals surface area (Å²) in [6.45, 7) is 1.80. The lowest BCUT2D eigenvalue weighted by molar-refractivity contribution is -0.385. The second-order valence-corrected chi connectivity index (χ2v) is 8.65. The van der Waals surface area contributed by atoms with Gasteiger partial charge in [0.25, 0.3) is 5.69 Å². The number of carbonyl (C=O) groups excluding carboxylic acids is 1. The molecule has 11 heteroatoms. The number of benzene rings is 1. The number of nitro benzene ring substituents is 1. The first-order chi connectivity index (χ1) is 13.7. The lowest BCUT2D eigenvalue weighted by atomic mass is 9.97. The van der Waals surface area contributed by atoms with E-state index < -0.39 is 20.9 Å². The highest BCUT2D eigenvalue weighted by Gasteiger charge is 2.33. The van der Waals surface area contributed by atoms with Crippen molar-refractivity contribution in [2.24, 2.45) is 5.92 Å². The molecule has 29 heavy (non-hydrogen) atoms. The zero-order valence-corrected chi connectivity index (χ0v) is 16.4. The zero-order chi connectivity index (χ0) is 21.2. The van der Waals surface area contributed by atoms with Crippen LogP contribution in [-0.4, -0.2) is 46.7 Å². The lowest BCUT2D eigenvalue weighted by Crippen LogP contribution is -2.41. The summed E-state index contributed by atoms with van der Waals surface area (Å²) in [6.07, 6.45) is 2.01. The summed E-state index contributed by atoms with van der Waals surface area (Å²) in [5.74, 6) is -0.876. The number of amides is 1. The summed E-state index contributed by atoms with van der Waals surface area (Å²) >= 11 is 0. The Morgan fingerprint density at radius 1 is 1.31 bits per heavy atom. The Morgan fingerprint density at radius 3 is 2.62 bits per heavy atom. The van der Waals surface area contributed by atoms with E-state index in [0.29, 0.717) is 5.56 Å². The molecule has 2 aromatic rings. The fourth-order valence-electron chi connectivity index (χ4n) is 3.19. The van der Waals surface area contributed by atoms with Gasteiger partial charge < -0.3 is 10.4 Å². The average Bonchev–Trinajstić information content (AvgIpc) is 2.69. The normalized spacial score (nSPS) is 15.8. The van der Waals surface area contributed by atoms with Crippen molar-refractivity contribution < 1.29 is 23.2 Å². The van der Waals surface area contributed by atoms with Gasteiger partial charge in [0.15, 0.2) is 11.6 Å². The van der Waals surface area contributed by atoms with Gasteiger partial charge in [-0.3, -0.25) is 14.9 Å². The number of aromatic nitrogens is 1. The van der Waals surface area contributed by atoms with Crippen molar-refractivity contribution >= 4 is 27.4 Å². The highest BCUT2D eigenvalue weighted by Crippen LogP contribution is 2.29. The summed E-state index contributed by atoms with van der Waals surface area (Å²) in [5.41, 5.74) is 0.125. The molecule has 0 radical (unpaired) electrons. The molecule has 1 saturated heterocycles. The largest absolute Gasteiger partial charge is 0.504 e.